The van der Waals surface area contributed by atoms with Crippen LogP contribution in [0, 0.1) is 18.8 Å². The van der Waals surface area contributed by atoms with Gasteiger partial charge in [0.05, 0.1) is 0 Å². The smallest absolute Gasteiger partial charge is 0.00208 e. The minimum absolute atomic E-state index is 0.757. The first-order valence-corrected chi connectivity index (χ1v) is 2.82. The molecule has 2 atom stereocenters. The summed E-state index contributed by atoms with van der Waals surface area (Å²) in [6.45, 7) is 5.07. The molecule has 1 heteroatoms. The van der Waals surface area contributed by atoms with Crippen molar-refractivity contribution in [3.05, 3.63) is 6.92 Å². The van der Waals surface area contributed by atoms with Gasteiger partial charge in [0, 0.05) is 0 Å². The van der Waals surface area contributed by atoms with Crippen LogP contribution in [0.5, 0.6) is 0 Å². The fraction of sp³-hybridized carbons (Fsp3) is 0.833. The van der Waals surface area contributed by atoms with Crippen LogP contribution in [-0.2, 0) is 0 Å². The Morgan fingerprint density at radius 2 is 2.43 bits per heavy atom. The summed E-state index contributed by atoms with van der Waals surface area (Å²) in [5, 5.41) is 3.12. The van der Waals surface area contributed by atoms with Crippen molar-refractivity contribution in [1.82, 2.24) is 5.32 Å². The predicted molar refractivity (Wildman–Crippen MR) is 30.9 cm³/mol. The molecule has 0 bridgehead atoms. The van der Waals surface area contributed by atoms with E-state index in [2.05, 4.69) is 12.2 Å². The van der Waals surface area contributed by atoms with Crippen molar-refractivity contribution in [2.75, 3.05) is 13.6 Å². The van der Waals surface area contributed by atoms with Gasteiger partial charge < -0.3 is 5.32 Å². The lowest BCUT2D eigenvalue weighted by atomic mass is 10.3. The number of rotatable bonds is 2. The van der Waals surface area contributed by atoms with Crippen molar-refractivity contribution < 1.29 is 0 Å². The molecule has 1 saturated carbocycles. The molecule has 1 N–H and O–H groups in total. The lowest BCUT2D eigenvalue weighted by Gasteiger charge is -1.90. The van der Waals surface area contributed by atoms with Gasteiger partial charge in [0.1, 0.15) is 0 Å². The summed E-state index contributed by atoms with van der Waals surface area (Å²) in [6, 6.07) is 0. The van der Waals surface area contributed by atoms with Crippen LogP contribution in [0.4, 0.5) is 0 Å². The van der Waals surface area contributed by atoms with Gasteiger partial charge >= 0.3 is 0 Å². The van der Waals surface area contributed by atoms with Gasteiger partial charge in [0.2, 0.25) is 0 Å². The molecule has 1 fully saturated rings. The van der Waals surface area contributed by atoms with Gasteiger partial charge in [-0.1, -0.05) is 0 Å². The van der Waals surface area contributed by atoms with Crippen LogP contribution in [0.25, 0.3) is 0 Å². The van der Waals surface area contributed by atoms with Gasteiger partial charge in [0.25, 0.3) is 0 Å². The Bertz CT molecular complexity index is 61.2. The Labute approximate surface area is 45.1 Å². The quantitative estimate of drug-likeness (QED) is 0.535. The van der Waals surface area contributed by atoms with Crippen LogP contribution in [0.2, 0.25) is 0 Å². The van der Waals surface area contributed by atoms with Crippen LogP contribution in [0.15, 0.2) is 0 Å². The average molecular weight is 98.2 g/mol. The van der Waals surface area contributed by atoms with Gasteiger partial charge in [-0.15, -0.1) is 0 Å². The highest BCUT2D eigenvalue weighted by Crippen LogP contribution is 2.36. The van der Waals surface area contributed by atoms with Crippen LogP contribution in [0.1, 0.15) is 6.42 Å². The molecule has 0 amide bonds. The number of hydrogen-bond acceptors (Lipinski definition) is 1. The largest absolute Gasteiger partial charge is 0.319 e. The van der Waals surface area contributed by atoms with E-state index in [-0.39, 0.29) is 0 Å². The number of hydrogen-bond donors (Lipinski definition) is 1. The highest BCUT2D eigenvalue weighted by Gasteiger charge is 2.31. The molecule has 1 radical (unpaired) electrons. The molecule has 1 nitrogen and oxygen atoms in total. The molecule has 2 unspecified atom stereocenters. The zero-order valence-corrected chi connectivity index (χ0v) is 4.78. The monoisotopic (exact) mass is 98.1 g/mol. The Balaban J connectivity index is 1.98. The molecule has 1 aliphatic carbocycles. The second-order valence-electron chi connectivity index (χ2n) is 2.31. The van der Waals surface area contributed by atoms with E-state index in [1.807, 2.05) is 7.05 Å². The van der Waals surface area contributed by atoms with Gasteiger partial charge in [-0.05, 0) is 38.8 Å². The van der Waals surface area contributed by atoms with Crippen molar-refractivity contribution in [3.8, 4) is 0 Å². The van der Waals surface area contributed by atoms with E-state index in [4.69, 9.17) is 0 Å². The summed E-state index contributed by atoms with van der Waals surface area (Å²) in [6.07, 6.45) is 1.33. The molecule has 1 aliphatic rings. The van der Waals surface area contributed by atoms with Crippen LogP contribution in [0.3, 0.4) is 0 Å². The van der Waals surface area contributed by atoms with Gasteiger partial charge in [-0.3, -0.25) is 0 Å². The van der Waals surface area contributed by atoms with E-state index in [0.29, 0.717) is 0 Å². The highest BCUT2D eigenvalue weighted by molar-refractivity contribution is 4.88. The molecule has 7 heavy (non-hydrogen) atoms. The Hall–Kier alpha value is -0.0400. The summed E-state index contributed by atoms with van der Waals surface area (Å²) in [7, 11) is 1.99. The van der Waals surface area contributed by atoms with E-state index in [0.717, 1.165) is 18.4 Å². The van der Waals surface area contributed by atoms with E-state index < -0.39 is 0 Å². The third kappa shape index (κ3) is 1.16. The third-order valence-electron chi connectivity index (χ3n) is 1.54. The zero-order valence-electron chi connectivity index (χ0n) is 4.78. The van der Waals surface area contributed by atoms with Crippen molar-refractivity contribution in [1.29, 1.82) is 0 Å². The van der Waals surface area contributed by atoms with E-state index in [9.17, 15) is 0 Å². The molecule has 0 saturated heterocycles. The maximum absolute atomic E-state index is 3.91. The topological polar surface area (TPSA) is 12.0 Å². The first kappa shape index (κ1) is 5.10. The predicted octanol–water partition coefficient (Wildman–Crippen LogP) is 0.676. The molecule has 0 aromatic heterocycles. The summed E-state index contributed by atoms with van der Waals surface area (Å²) in [5.74, 6) is 1.65. The summed E-state index contributed by atoms with van der Waals surface area (Å²) >= 11 is 0. The molecule has 0 aromatic rings. The first-order valence-electron chi connectivity index (χ1n) is 2.82. The van der Waals surface area contributed by atoms with Crippen LogP contribution in [-0.4, -0.2) is 13.6 Å². The molecule has 1 rings (SSSR count). The molecular weight excluding hydrogens is 86.1 g/mol. The average Bonchev–Trinajstić information content (AvgIpc) is 2.22. The molecule has 41 valence electrons. The maximum Gasteiger partial charge on any atom is -0.00208 e. The standard InChI is InChI=1S/C6H12N/c1-5-3-6(5)4-7-2/h5-7H,1,3-4H2,2H3. The molecule has 0 heterocycles. The fourth-order valence-electron chi connectivity index (χ4n) is 0.822. The summed E-state index contributed by atoms with van der Waals surface area (Å²) in [5.41, 5.74) is 0. The van der Waals surface area contributed by atoms with Crippen molar-refractivity contribution in [3.63, 3.8) is 0 Å². The lowest BCUT2D eigenvalue weighted by Crippen LogP contribution is -2.09. The zero-order chi connectivity index (χ0) is 5.28. The van der Waals surface area contributed by atoms with E-state index >= 15 is 0 Å². The minimum Gasteiger partial charge on any atom is -0.319 e. The Morgan fingerprint density at radius 1 is 1.86 bits per heavy atom. The minimum atomic E-state index is 0.757. The van der Waals surface area contributed by atoms with Gasteiger partial charge in [-0.25, -0.2) is 0 Å². The molecule has 0 aromatic carbocycles. The van der Waals surface area contributed by atoms with Crippen molar-refractivity contribution >= 4 is 0 Å². The van der Waals surface area contributed by atoms with E-state index in [1.54, 1.807) is 0 Å². The second kappa shape index (κ2) is 1.83. The van der Waals surface area contributed by atoms with Gasteiger partial charge in [0.15, 0.2) is 0 Å². The first-order chi connectivity index (χ1) is 3.34. The molecular formula is C6H12N. The third-order valence-corrected chi connectivity index (χ3v) is 1.54. The van der Waals surface area contributed by atoms with E-state index in [1.165, 1.54) is 6.42 Å². The summed E-state index contributed by atoms with van der Waals surface area (Å²) < 4.78 is 0. The SMILES string of the molecule is [CH2]C1CC1CNC. The lowest BCUT2D eigenvalue weighted by molar-refractivity contribution is 0.690. The number of nitrogens with one attached hydrogen (secondary N) is 1. The summed E-state index contributed by atoms with van der Waals surface area (Å²) in [4.78, 5) is 0. The fourth-order valence-corrected chi connectivity index (χ4v) is 0.822. The molecule has 0 spiro atoms. The van der Waals surface area contributed by atoms with Gasteiger partial charge in [-0.2, -0.15) is 0 Å². The van der Waals surface area contributed by atoms with Crippen molar-refractivity contribution in [2.24, 2.45) is 11.8 Å². The maximum atomic E-state index is 3.91. The normalized spacial score (nSPS) is 38.6. The van der Waals surface area contributed by atoms with Crippen molar-refractivity contribution in [2.45, 2.75) is 6.42 Å². The Morgan fingerprint density at radius 3 is 2.57 bits per heavy atom. The molecule has 0 aliphatic heterocycles. The second-order valence-corrected chi connectivity index (χ2v) is 2.31. The van der Waals surface area contributed by atoms with Crippen LogP contribution >= 0.6 is 0 Å². The van der Waals surface area contributed by atoms with Crippen LogP contribution < -0.4 is 5.32 Å². The Kier molecular flexibility index (Phi) is 1.33. The highest BCUT2D eigenvalue weighted by atomic mass is 14.8.